The highest BCUT2D eigenvalue weighted by Crippen LogP contribution is 2.41. The topological polar surface area (TPSA) is 30.5 Å². The van der Waals surface area contributed by atoms with Crippen molar-refractivity contribution in [2.24, 2.45) is 5.92 Å². The first-order chi connectivity index (χ1) is 8.71. The maximum Gasteiger partial charge on any atom is 0.161 e. The average Bonchev–Trinajstić information content (AvgIpc) is 2.40. The van der Waals surface area contributed by atoms with E-state index >= 15 is 0 Å². The van der Waals surface area contributed by atoms with Crippen LogP contribution in [0.5, 0.6) is 11.5 Å². The summed E-state index contributed by atoms with van der Waals surface area (Å²) in [6, 6.07) is 4.30. The molecule has 0 aliphatic heterocycles. The fourth-order valence-electron chi connectivity index (χ4n) is 2.92. The quantitative estimate of drug-likeness (QED) is 0.889. The van der Waals surface area contributed by atoms with Gasteiger partial charge in [-0.05, 0) is 55.0 Å². The van der Waals surface area contributed by atoms with E-state index < -0.39 is 0 Å². The van der Waals surface area contributed by atoms with Crippen molar-refractivity contribution < 1.29 is 9.47 Å². The third-order valence-electron chi connectivity index (χ3n) is 4.02. The summed E-state index contributed by atoms with van der Waals surface area (Å²) in [6.07, 6.45) is 2.38. The van der Waals surface area contributed by atoms with Gasteiger partial charge in [0.25, 0.3) is 0 Å². The third-order valence-corrected chi connectivity index (χ3v) is 4.02. The van der Waals surface area contributed by atoms with E-state index in [2.05, 4.69) is 24.4 Å². The first-order valence-electron chi connectivity index (χ1n) is 6.60. The summed E-state index contributed by atoms with van der Waals surface area (Å²) in [5, 5.41) is 3.30. The Morgan fingerprint density at radius 1 is 1.22 bits per heavy atom. The number of methoxy groups -OCH3 is 2. The molecular formula is C15H23NO2. The summed E-state index contributed by atoms with van der Waals surface area (Å²) in [4.78, 5) is 0. The second kappa shape index (κ2) is 5.61. The fraction of sp³-hybridized carbons (Fsp3) is 0.600. The Hall–Kier alpha value is -1.22. The van der Waals surface area contributed by atoms with E-state index in [0.717, 1.165) is 24.5 Å². The Morgan fingerprint density at radius 3 is 2.50 bits per heavy atom. The van der Waals surface area contributed by atoms with Gasteiger partial charge in [0.2, 0.25) is 0 Å². The van der Waals surface area contributed by atoms with E-state index in [0.29, 0.717) is 11.8 Å². The molecule has 0 bridgehead atoms. The minimum absolute atomic E-state index is 0.568. The second-order valence-corrected chi connectivity index (χ2v) is 5.09. The van der Waals surface area contributed by atoms with Crippen LogP contribution in [0.1, 0.15) is 30.4 Å². The highest BCUT2D eigenvalue weighted by atomic mass is 16.5. The Labute approximate surface area is 109 Å². The molecule has 18 heavy (non-hydrogen) atoms. The molecule has 1 N–H and O–H groups in total. The fourth-order valence-corrected chi connectivity index (χ4v) is 2.92. The number of hydrogen-bond acceptors (Lipinski definition) is 3. The van der Waals surface area contributed by atoms with E-state index in [1.807, 2.05) is 7.05 Å². The van der Waals surface area contributed by atoms with E-state index in [9.17, 15) is 0 Å². The van der Waals surface area contributed by atoms with Gasteiger partial charge in [-0.25, -0.2) is 0 Å². The Morgan fingerprint density at radius 2 is 1.89 bits per heavy atom. The molecule has 0 spiro atoms. The van der Waals surface area contributed by atoms with E-state index in [1.54, 1.807) is 14.2 Å². The standard InChI is InChI=1S/C15H23NO2/c1-10-5-6-11-7-14(17-3)15(18-4)8-12(11)13(10)9-16-2/h7-8,10,13,16H,5-6,9H2,1-4H3. The molecule has 2 atom stereocenters. The van der Waals surface area contributed by atoms with Gasteiger partial charge < -0.3 is 14.8 Å². The van der Waals surface area contributed by atoms with Crippen LogP contribution in [-0.2, 0) is 6.42 Å². The van der Waals surface area contributed by atoms with Gasteiger partial charge in [-0.15, -0.1) is 0 Å². The van der Waals surface area contributed by atoms with Crippen molar-refractivity contribution in [1.29, 1.82) is 0 Å². The summed E-state index contributed by atoms with van der Waals surface area (Å²) in [5.74, 6) is 2.96. The van der Waals surface area contributed by atoms with Gasteiger partial charge in [0.1, 0.15) is 0 Å². The summed E-state index contributed by atoms with van der Waals surface area (Å²) in [5.41, 5.74) is 2.83. The minimum atomic E-state index is 0.568. The molecule has 100 valence electrons. The molecule has 2 rings (SSSR count). The number of aryl methyl sites for hydroxylation is 1. The highest BCUT2D eigenvalue weighted by molar-refractivity contribution is 5.49. The van der Waals surface area contributed by atoms with Crippen LogP contribution < -0.4 is 14.8 Å². The first-order valence-corrected chi connectivity index (χ1v) is 6.60. The highest BCUT2D eigenvalue weighted by Gasteiger charge is 2.27. The SMILES string of the molecule is CNCC1c2cc(OC)c(OC)cc2CCC1C. The molecule has 3 nitrogen and oxygen atoms in total. The molecule has 0 fully saturated rings. The van der Waals surface area contributed by atoms with Crippen LogP contribution in [0, 0.1) is 5.92 Å². The normalized spacial score (nSPS) is 22.4. The number of rotatable bonds is 4. The van der Waals surface area contributed by atoms with Crippen LogP contribution in [0.2, 0.25) is 0 Å². The van der Waals surface area contributed by atoms with Crippen molar-refractivity contribution in [3.63, 3.8) is 0 Å². The second-order valence-electron chi connectivity index (χ2n) is 5.09. The summed E-state index contributed by atoms with van der Waals surface area (Å²) in [6.45, 7) is 3.35. The van der Waals surface area contributed by atoms with Gasteiger partial charge in [-0.2, -0.15) is 0 Å². The largest absolute Gasteiger partial charge is 0.493 e. The Bertz CT molecular complexity index is 417. The van der Waals surface area contributed by atoms with E-state index in [1.165, 1.54) is 17.5 Å². The molecule has 1 aliphatic rings. The average molecular weight is 249 g/mol. The smallest absolute Gasteiger partial charge is 0.161 e. The molecule has 0 saturated heterocycles. The minimum Gasteiger partial charge on any atom is -0.493 e. The van der Waals surface area contributed by atoms with E-state index in [4.69, 9.17) is 9.47 Å². The van der Waals surface area contributed by atoms with Crippen molar-refractivity contribution in [2.45, 2.75) is 25.7 Å². The van der Waals surface area contributed by atoms with Gasteiger partial charge in [-0.1, -0.05) is 6.92 Å². The van der Waals surface area contributed by atoms with Crippen molar-refractivity contribution >= 4 is 0 Å². The predicted octanol–water partition coefficient (Wildman–Crippen LogP) is 2.59. The molecule has 0 amide bonds. The molecule has 1 aromatic rings. The van der Waals surface area contributed by atoms with Crippen LogP contribution in [0.15, 0.2) is 12.1 Å². The van der Waals surface area contributed by atoms with Gasteiger partial charge >= 0.3 is 0 Å². The van der Waals surface area contributed by atoms with Crippen LogP contribution in [0.25, 0.3) is 0 Å². The lowest BCUT2D eigenvalue weighted by Crippen LogP contribution is -2.27. The Kier molecular flexibility index (Phi) is 4.12. The number of fused-ring (bicyclic) bond motifs is 1. The first kappa shape index (κ1) is 13.2. The summed E-state index contributed by atoms with van der Waals surface area (Å²) >= 11 is 0. The summed E-state index contributed by atoms with van der Waals surface area (Å²) in [7, 11) is 5.41. The van der Waals surface area contributed by atoms with Crippen LogP contribution in [-0.4, -0.2) is 27.8 Å². The molecule has 0 aromatic heterocycles. The molecule has 0 radical (unpaired) electrons. The maximum atomic E-state index is 5.42. The van der Waals surface area contributed by atoms with Crippen molar-refractivity contribution in [1.82, 2.24) is 5.32 Å². The number of ether oxygens (including phenoxy) is 2. The molecular weight excluding hydrogens is 226 g/mol. The lowest BCUT2D eigenvalue weighted by atomic mass is 9.75. The zero-order valence-electron chi connectivity index (χ0n) is 11.7. The molecule has 1 aromatic carbocycles. The zero-order chi connectivity index (χ0) is 13.1. The molecule has 0 saturated carbocycles. The third kappa shape index (κ3) is 2.32. The lowest BCUT2D eigenvalue weighted by Gasteiger charge is -2.32. The van der Waals surface area contributed by atoms with Crippen LogP contribution in [0.4, 0.5) is 0 Å². The number of likely N-dealkylation sites (N-methyl/N-ethyl adjacent to an activating group) is 1. The lowest BCUT2D eigenvalue weighted by molar-refractivity contribution is 0.347. The number of benzene rings is 1. The van der Waals surface area contributed by atoms with Crippen molar-refractivity contribution in [3.05, 3.63) is 23.3 Å². The van der Waals surface area contributed by atoms with Crippen molar-refractivity contribution in [2.75, 3.05) is 27.8 Å². The van der Waals surface area contributed by atoms with E-state index in [-0.39, 0.29) is 0 Å². The molecule has 0 heterocycles. The van der Waals surface area contributed by atoms with Gasteiger partial charge in [0.05, 0.1) is 14.2 Å². The molecule has 2 unspecified atom stereocenters. The van der Waals surface area contributed by atoms with Gasteiger partial charge in [0.15, 0.2) is 11.5 Å². The number of hydrogen-bond donors (Lipinski definition) is 1. The van der Waals surface area contributed by atoms with Gasteiger partial charge in [0, 0.05) is 6.54 Å². The number of nitrogens with one attached hydrogen (secondary N) is 1. The summed E-state index contributed by atoms with van der Waals surface area (Å²) < 4.78 is 10.8. The van der Waals surface area contributed by atoms with Gasteiger partial charge in [-0.3, -0.25) is 0 Å². The zero-order valence-corrected chi connectivity index (χ0v) is 11.7. The maximum absolute atomic E-state index is 5.42. The van der Waals surface area contributed by atoms with Crippen LogP contribution >= 0.6 is 0 Å². The monoisotopic (exact) mass is 249 g/mol. The van der Waals surface area contributed by atoms with Crippen LogP contribution in [0.3, 0.4) is 0 Å². The predicted molar refractivity (Wildman–Crippen MR) is 73.7 cm³/mol. The molecule has 1 aliphatic carbocycles. The molecule has 3 heteroatoms. The van der Waals surface area contributed by atoms with Crippen molar-refractivity contribution in [3.8, 4) is 11.5 Å². The Balaban J connectivity index is 2.44.